The molecule has 1 rings (SSSR count). The summed E-state index contributed by atoms with van der Waals surface area (Å²) in [5.74, 6) is 1.55. The number of ether oxygens (including phenoxy) is 1. The molecule has 3 heteroatoms. The number of aliphatic hydroxyl groups excluding tert-OH is 1. The van der Waals surface area contributed by atoms with Gasteiger partial charge in [-0.15, -0.1) is 0 Å². The lowest BCUT2D eigenvalue weighted by Crippen LogP contribution is -2.43. The van der Waals surface area contributed by atoms with E-state index in [-0.39, 0.29) is 11.7 Å². The molecule has 1 heterocycles. The molecule has 102 valence electrons. The molecule has 0 saturated carbocycles. The number of rotatable bonds is 4. The Balaban J connectivity index is 2.25. The van der Waals surface area contributed by atoms with Gasteiger partial charge in [-0.05, 0) is 45.6 Å². The Labute approximate surface area is 106 Å². The Morgan fingerprint density at radius 3 is 2.47 bits per heavy atom. The van der Waals surface area contributed by atoms with Gasteiger partial charge in [0.05, 0.1) is 18.3 Å². The SMILES string of the molecule is CC1CCN(CC(O)COC(C)(C)C)CC1C. The molecule has 0 aromatic rings. The largest absolute Gasteiger partial charge is 0.389 e. The van der Waals surface area contributed by atoms with E-state index in [1.54, 1.807) is 0 Å². The van der Waals surface area contributed by atoms with Crippen LogP contribution in [0.25, 0.3) is 0 Å². The Hall–Kier alpha value is -0.120. The van der Waals surface area contributed by atoms with Crippen LogP contribution < -0.4 is 0 Å². The highest BCUT2D eigenvalue weighted by atomic mass is 16.5. The molecule has 0 aliphatic carbocycles. The number of hydrogen-bond donors (Lipinski definition) is 1. The van der Waals surface area contributed by atoms with Crippen LogP contribution in [-0.2, 0) is 4.74 Å². The van der Waals surface area contributed by atoms with Crippen molar-refractivity contribution in [2.45, 2.75) is 52.7 Å². The quantitative estimate of drug-likeness (QED) is 0.821. The molecule has 0 radical (unpaired) electrons. The summed E-state index contributed by atoms with van der Waals surface area (Å²) in [4.78, 5) is 2.36. The molecule has 3 atom stereocenters. The molecule has 17 heavy (non-hydrogen) atoms. The van der Waals surface area contributed by atoms with E-state index in [0.717, 1.165) is 31.5 Å². The molecule has 0 bridgehead atoms. The molecule has 0 spiro atoms. The molecule has 1 fully saturated rings. The summed E-state index contributed by atoms with van der Waals surface area (Å²) < 4.78 is 5.60. The first-order valence-electron chi connectivity index (χ1n) is 6.82. The second-order valence-electron chi connectivity index (χ2n) is 6.58. The van der Waals surface area contributed by atoms with Crippen molar-refractivity contribution >= 4 is 0 Å². The maximum absolute atomic E-state index is 9.95. The zero-order valence-electron chi connectivity index (χ0n) is 12.1. The Morgan fingerprint density at radius 2 is 1.94 bits per heavy atom. The van der Waals surface area contributed by atoms with Gasteiger partial charge in [-0.1, -0.05) is 13.8 Å². The Kier molecular flexibility index (Phi) is 5.42. The van der Waals surface area contributed by atoms with Crippen LogP contribution in [0.2, 0.25) is 0 Å². The summed E-state index contributed by atoms with van der Waals surface area (Å²) in [6.07, 6.45) is 0.878. The second kappa shape index (κ2) is 6.17. The van der Waals surface area contributed by atoms with Crippen molar-refractivity contribution in [3.8, 4) is 0 Å². The Bertz CT molecular complexity index is 225. The minimum Gasteiger partial charge on any atom is -0.389 e. The van der Waals surface area contributed by atoms with Gasteiger partial charge in [0.1, 0.15) is 0 Å². The summed E-state index contributed by atoms with van der Waals surface area (Å²) in [6, 6.07) is 0. The molecule has 0 aromatic carbocycles. The van der Waals surface area contributed by atoms with E-state index < -0.39 is 0 Å². The summed E-state index contributed by atoms with van der Waals surface area (Å²) in [7, 11) is 0. The highest BCUT2D eigenvalue weighted by Crippen LogP contribution is 2.22. The van der Waals surface area contributed by atoms with Gasteiger partial charge in [0.25, 0.3) is 0 Å². The van der Waals surface area contributed by atoms with Crippen molar-refractivity contribution in [1.29, 1.82) is 0 Å². The summed E-state index contributed by atoms with van der Waals surface area (Å²) in [5, 5.41) is 9.95. The third-order valence-corrected chi connectivity index (χ3v) is 3.60. The number of β-amino-alcohol motifs (C(OH)–C–C–N with tert-alkyl or cyclic N) is 1. The number of nitrogens with zero attached hydrogens (tertiary/aromatic N) is 1. The Morgan fingerprint density at radius 1 is 1.29 bits per heavy atom. The van der Waals surface area contributed by atoms with Gasteiger partial charge >= 0.3 is 0 Å². The average molecular weight is 243 g/mol. The highest BCUT2D eigenvalue weighted by Gasteiger charge is 2.24. The van der Waals surface area contributed by atoms with Crippen LogP contribution in [0, 0.1) is 11.8 Å². The predicted molar refractivity (Wildman–Crippen MR) is 71.1 cm³/mol. The van der Waals surface area contributed by atoms with Crippen LogP contribution >= 0.6 is 0 Å². The van der Waals surface area contributed by atoms with Gasteiger partial charge in [-0.25, -0.2) is 0 Å². The summed E-state index contributed by atoms with van der Waals surface area (Å²) in [5.41, 5.74) is -0.162. The van der Waals surface area contributed by atoms with Crippen molar-refractivity contribution in [2.75, 3.05) is 26.2 Å². The van der Waals surface area contributed by atoms with Gasteiger partial charge in [0.15, 0.2) is 0 Å². The van der Waals surface area contributed by atoms with Crippen LogP contribution in [0.5, 0.6) is 0 Å². The fraction of sp³-hybridized carbons (Fsp3) is 1.00. The third kappa shape index (κ3) is 5.84. The van der Waals surface area contributed by atoms with Crippen LogP contribution in [0.15, 0.2) is 0 Å². The molecule has 1 N–H and O–H groups in total. The van der Waals surface area contributed by atoms with Gasteiger partial charge in [-0.2, -0.15) is 0 Å². The van der Waals surface area contributed by atoms with Crippen molar-refractivity contribution in [1.82, 2.24) is 4.90 Å². The minimum absolute atomic E-state index is 0.162. The number of hydrogen-bond acceptors (Lipinski definition) is 3. The molecule has 0 amide bonds. The third-order valence-electron chi connectivity index (χ3n) is 3.60. The van der Waals surface area contributed by atoms with Crippen LogP contribution in [0.3, 0.4) is 0 Å². The second-order valence-corrected chi connectivity index (χ2v) is 6.58. The first kappa shape index (κ1) is 14.9. The fourth-order valence-electron chi connectivity index (χ4n) is 2.21. The normalized spacial score (nSPS) is 29.3. The van der Waals surface area contributed by atoms with E-state index in [0.29, 0.717) is 6.61 Å². The lowest BCUT2D eigenvalue weighted by atomic mass is 9.88. The van der Waals surface area contributed by atoms with E-state index >= 15 is 0 Å². The van der Waals surface area contributed by atoms with E-state index in [2.05, 4.69) is 18.7 Å². The van der Waals surface area contributed by atoms with Crippen molar-refractivity contribution in [3.63, 3.8) is 0 Å². The number of aliphatic hydroxyl groups is 1. The van der Waals surface area contributed by atoms with Crippen LogP contribution in [0.1, 0.15) is 41.0 Å². The molecule has 3 unspecified atom stereocenters. The average Bonchev–Trinajstić information content (AvgIpc) is 2.20. The van der Waals surface area contributed by atoms with Crippen LogP contribution in [0.4, 0.5) is 0 Å². The molecular weight excluding hydrogens is 214 g/mol. The molecular formula is C14H29NO2. The zero-order chi connectivity index (χ0) is 13.1. The smallest absolute Gasteiger partial charge is 0.0900 e. The fourth-order valence-corrected chi connectivity index (χ4v) is 2.21. The standard InChI is InChI=1S/C14H29NO2/c1-11-6-7-15(8-12(11)2)9-13(16)10-17-14(3,4)5/h11-13,16H,6-10H2,1-5H3. The zero-order valence-corrected chi connectivity index (χ0v) is 12.1. The summed E-state index contributed by atoms with van der Waals surface area (Å²) >= 11 is 0. The molecule has 3 nitrogen and oxygen atoms in total. The van der Waals surface area contributed by atoms with Crippen molar-refractivity contribution in [3.05, 3.63) is 0 Å². The first-order chi connectivity index (χ1) is 7.78. The predicted octanol–water partition coefficient (Wildman–Crippen LogP) is 2.14. The van der Waals surface area contributed by atoms with Crippen LogP contribution in [-0.4, -0.2) is 48.0 Å². The molecule has 0 aromatic heterocycles. The lowest BCUT2D eigenvalue weighted by molar-refractivity contribution is -0.0593. The van der Waals surface area contributed by atoms with E-state index in [1.807, 2.05) is 20.8 Å². The van der Waals surface area contributed by atoms with Crippen molar-refractivity contribution in [2.24, 2.45) is 11.8 Å². The van der Waals surface area contributed by atoms with Gasteiger partial charge in [-0.3, -0.25) is 0 Å². The molecule has 1 aliphatic rings. The maximum atomic E-state index is 9.95. The lowest BCUT2D eigenvalue weighted by Gasteiger charge is -2.36. The number of likely N-dealkylation sites (tertiary alicyclic amines) is 1. The van der Waals surface area contributed by atoms with Gasteiger partial charge < -0.3 is 14.7 Å². The molecule has 1 saturated heterocycles. The van der Waals surface area contributed by atoms with Gasteiger partial charge in [0, 0.05) is 13.1 Å². The minimum atomic E-state index is -0.366. The monoisotopic (exact) mass is 243 g/mol. The van der Waals surface area contributed by atoms with E-state index in [4.69, 9.17) is 4.74 Å². The number of piperidine rings is 1. The van der Waals surface area contributed by atoms with E-state index in [9.17, 15) is 5.11 Å². The highest BCUT2D eigenvalue weighted by molar-refractivity contribution is 4.77. The summed E-state index contributed by atoms with van der Waals surface area (Å²) in [6.45, 7) is 14.1. The van der Waals surface area contributed by atoms with Gasteiger partial charge in [0.2, 0.25) is 0 Å². The molecule has 1 aliphatic heterocycles. The maximum Gasteiger partial charge on any atom is 0.0900 e. The topological polar surface area (TPSA) is 32.7 Å². The first-order valence-corrected chi connectivity index (χ1v) is 6.82. The van der Waals surface area contributed by atoms with Crippen molar-refractivity contribution < 1.29 is 9.84 Å². The van der Waals surface area contributed by atoms with E-state index in [1.165, 1.54) is 6.42 Å².